The van der Waals surface area contributed by atoms with Crippen molar-refractivity contribution in [3.05, 3.63) is 28.8 Å². The van der Waals surface area contributed by atoms with E-state index in [1.165, 1.54) is 0 Å². The number of hydrogen-bond acceptors (Lipinski definition) is 7. The lowest BCUT2D eigenvalue weighted by Gasteiger charge is -2.36. The number of nitrogens with zero attached hydrogens (tertiary/aromatic N) is 3. The Morgan fingerprint density at radius 2 is 1.64 bits per heavy atom. The van der Waals surface area contributed by atoms with Crippen molar-refractivity contribution < 1.29 is 39.6 Å². The molecule has 0 radical (unpaired) electrons. The number of hydrogen-bond donors (Lipinski definition) is 4. The Bertz CT molecular complexity index is 859. The SMILES string of the molecule is CCN(CC)CCN1CN(C)c2ccc(Cl)cc2C1=O.O=C(O)CC(O)(CC(=O)O)C(=O)O. The van der Waals surface area contributed by atoms with E-state index in [-0.39, 0.29) is 5.91 Å². The second kappa shape index (κ2) is 12.4. The number of likely N-dealkylation sites (N-methyl/N-ethyl adjacent to an activating group) is 1. The van der Waals surface area contributed by atoms with E-state index in [9.17, 15) is 19.2 Å². The number of rotatable bonds is 10. The van der Waals surface area contributed by atoms with Crippen molar-refractivity contribution in [2.45, 2.75) is 32.3 Å². The predicted molar refractivity (Wildman–Crippen MR) is 121 cm³/mol. The maximum absolute atomic E-state index is 12.5. The summed E-state index contributed by atoms with van der Waals surface area (Å²) in [7, 11) is 2.00. The van der Waals surface area contributed by atoms with E-state index in [4.69, 9.17) is 32.0 Å². The number of amides is 1. The highest BCUT2D eigenvalue weighted by Gasteiger charge is 2.40. The summed E-state index contributed by atoms with van der Waals surface area (Å²) in [6, 6.07) is 5.51. The Morgan fingerprint density at radius 1 is 1.09 bits per heavy atom. The molecule has 0 spiro atoms. The first kappa shape index (κ1) is 28.1. The molecule has 2 rings (SSSR count). The van der Waals surface area contributed by atoms with Crippen LogP contribution >= 0.6 is 11.6 Å². The van der Waals surface area contributed by atoms with E-state index in [1.807, 2.05) is 24.1 Å². The molecule has 0 saturated heterocycles. The Morgan fingerprint density at radius 3 is 2.09 bits per heavy atom. The van der Waals surface area contributed by atoms with Gasteiger partial charge in [0.25, 0.3) is 5.91 Å². The van der Waals surface area contributed by atoms with Crippen LogP contribution in [-0.4, -0.2) is 99.5 Å². The zero-order valence-electron chi connectivity index (χ0n) is 18.8. The summed E-state index contributed by atoms with van der Waals surface area (Å²) in [4.78, 5) is 49.3. The smallest absolute Gasteiger partial charge is 0.336 e. The second-order valence-corrected chi connectivity index (χ2v) is 8.01. The minimum atomic E-state index is -2.74. The van der Waals surface area contributed by atoms with Crippen molar-refractivity contribution in [1.29, 1.82) is 0 Å². The van der Waals surface area contributed by atoms with Crippen LogP contribution < -0.4 is 4.90 Å². The number of aliphatic carboxylic acids is 3. The van der Waals surface area contributed by atoms with Gasteiger partial charge in [0.1, 0.15) is 0 Å². The molecule has 33 heavy (non-hydrogen) atoms. The highest BCUT2D eigenvalue weighted by atomic mass is 35.5. The van der Waals surface area contributed by atoms with E-state index in [2.05, 4.69) is 23.6 Å². The van der Waals surface area contributed by atoms with Gasteiger partial charge in [-0.15, -0.1) is 0 Å². The predicted octanol–water partition coefficient (Wildman–Crippen LogP) is 1.28. The van der Waals surface area contributed by atoms with E-state index < -0.39 is 36.4 Å². The highest BCUT2D eigenvalue weighted by Crippen LogP contribution is 2.28. The summed E-state index contributed by atoms with van der Waals surface area (Å²) in [5.74, 6) is -4.94. The molecule has 0 aliphatic carbocycles. The summed E-state index contributed by atoms with van der Waals surface area (Å²) in [6.45, 7) is 8.59. The molecule has 0 aromatic heterocycles. The first-order valence-electron chi connectivity index (χ1n) is 10.3. The molecule has 1 amide bonds. The molecule has 12 heteroatoms. The molecule has 1 aliphatic rings. The summed E-state index contributed by atoms with van der Waals surface area (Å²) < 4.78 is 0. The highest BCUT2D eigenvalue weighted by molar-refractivity contribution is 6.31. The zero-order chi connectivity index (χ0) is 25.3. The molecule has 0 atom stereocenters. The van der Waals surface area contributed by atoms with E-state index in [0.717, 1.165) is 31.9 Å². The largest absolute Gasteiger partial charge is 0.481 e. The van der Waals surface area contributed by atoms with Gasteiger partial charge in [-0.05, 0) is 31.3 Å². The molecular formula is C21H30ClN3O8. The lowest BCUT2D eigenvalue weighted by molar-refractivity contribution is -0.170. The van der Waals surface area contributed by atoms with Gasteiger partial charge in [0, 0.05) is 25.2 Å². The molecule has 184 valence electrons. The molecule has 1 aliphatic heterocycles. The van der Waals surface area contributed by atoms with Crippen LogP contribution in [0.15, 0.2) is 18.2 Å². The van der Waals surface area contributed by atoms with Gasteiger partial charge in [-0.25, -0.2) is 4.79 Å². The van der Waals surface area contributed by atoms with Crippen molar-refractivity contribution in [2.24, 2.45) is 0 Å². The van der Waals surface area contributed by atoms with Crippen LogP contribution in [0, 0.1) is 0 Å². The fraction of sp³-hybridized carbons (Fsp3) is 0.524. The second-order valence-electron chi connectivity index (χ2n) is 7.57. The Balaban J connectivity index is 0.000000366. The van der Waals surface area contributed by atoms with Crippen LogP contribution in [-0.2, 0) is 14.4 Å². The van der Waals surface area contributed by atoms with Crippen LogP contribution in [0.4, 0.5) is 5.69 Å². The van der Waals surface area contributed by atoms with Gasteiger partial charge in [0.15, 0.2) is 5.60 Å². The molecule has 0 saturated carbocycles. The number of anilines is 1. The van der Waals surface area contributed by atoms with Crippen molar-refractivity contribution in [2.75, 3.05) is 44.8 Å². The van der Waals surface area contributed by atoms with Crippen LogP contribution in [0.1, 0.15) is 37.0 Å². The van der Waals surface area contributed by atoms with Gasteiger partial charge < -0.3 is 35.1 Å². The fourth-order valence-corrected chi connectivity index (χ4v) is 3.44. The summed E-state index contributed by atoms with van der Waals surface area (Å²) in [5, 5.41) is 34.4. The molecule has 1 aromatic rings. The third-order valence-corrected chi connectivity index (χ3v) is 5.37. The quantitative estimate of drug-likeness (QED) is 0.378. The van der Waals surface area contributed by atoms with Crippen LogP contribution in [0.3, 0.4) is 0 Å². The molecule has 0 fully saturated rings. The van der Waals surface area contributed by atoms with Crippen molar-refractivity contribution in [3.63, 3.8) is 0 Å². The Hall–Kier alpha value is -2.89. The number of carbonyl (C=O) groups is 4. The average molecular weight is 488 g/mol. The maximum atomic E-state index is 12.5. The maximum Gasteiger partial charge on any atom is 0.336 e. The number of fused-ring (bicyclic) bond motifs is 1. The van der Waals surface area contributed by atoms with Crippen molar-refractivity contribution in [1.82, 2.24) is 9.80 Å². The standard InChI is InChI=1S/C15H22ClN3O.C6H8O7/c1-4-18(5-2)8-9-19-11-17(3)14-7-6-12(16)10-13(14)15(19)20;7-3(8)1-6(13,5(11)12)2-4(9)10/h6-7,10H,4-5,8-9,11H2,1-3H3;13H,1-2H2,(H,7,8)(H,9,10)(H,11,12). The minimum absolute atomic E-state index is 0.0766. The molecular weight excluding hydrogens is 458 g/mol. The average Bonchev–Trinajstić information content (AvgIpc) is 2.71. The van der Waals surface area contributed by atoms with Gasteiger partial charge in [-0.2, -0.15) is 0 Å². The van der Waals surface area contributed by atoms with Crippen molar-refractivity contribution >= 4 is 41.1 Å². The summed E-state index contributed by atoms with van der Waals surface area (Å²) in [6.07, 6.45) is -2.29. The summed E-state index contributed by atoms with van der Waals surface area (Å²) in [5.41, 5.74) is -1.08. The van der Waals surface area contributed by atoms with E-state index in [0.29, 0.717) is 17.3 Å². The number of aliphatic hydroxyl groups is 1. The minimum Gasteiger partial charge on any atom is -0.481 e. The molecule has 1 aromatic carbocycles. The number of carboxylic acid groups (broad SMARTS) is 3. The van der Waals surface area contributed by atoms with Gasteiger partial charge in [-0.1, -0.05) is 25.4 Å². The van der Waals surface area contributed by atoms with Crippen LogP contribution in [0.2, 0.25) is 5.02 Å². The third-order valence-electron chi connectivity index (χ3n) is 5.14. The fourth-order valence-electron chi connectivity index (χ4n) is 3.27. The van der Waals surface area contributed by atoms with Gasteiger partial charge in [0.05, 0.1) is 30.8 Å². The Labute approximate surface area is 196 Å². The summed E-state index contributed by atoms with van der Waals surface area (Å²) >= 11 is 6.01. The number of benzene rings is 1. The Kier molecular flexibility index (Phi) is 10.6. The monoisotopic (exact) mass is 487 g/mol. The lowest BCUT2D eigenvalue weighted by Crippen LogP contribution is -2.47. The number of halogens is 1. The first-order chi connectivity index (χ1) is 15.3. The molecule has 0 unspecified atom stereocenters. The lowest BCUT2D eigenvalue weighted by atomic mass is 9.96. The molecule has 4 N–H and O–H groups in total. The van der Waals surface area contributed by atoms with Gasteiger partial charge in [0.2, 0.25) is 0 Å². The van der Waals surface area contributed by atoms with Gasteiger partial charge >= 0.3 is 17.9 Å². The third kappa shape index (κ3) is 8.19. The molecule has 11 nitrogen and oxygen atoms in total. The van der Waals surface area contributed by atoms with Crippen LogP contribution in [0.25, 0.3) is 0 Å². The van der Waals surface area contributed by atoms with Crippen molar-refractivity contribution in [3.8, 4) is 0 Å². The topological polar surface area (TPSA) is 159 Å². The number of carboxylic acids is 3. The van der Waals surface area contributed by atoms with E-state index >= 15 is 0 Å². The first-order valence-corrected chi connectivity index (χ1v) is 10.6. The number of carbonyl (C=O) groups excluding carboxylic acids is 1. The van der Waals surface area contributed by atoms with Gasteiger partial charge in [-0.3, -0.25) is 14.4 Å². The molecule has 0 bridgehead atoms. The van der Waals surface area contributed by atoms with E-state index in [1.54, 1.807) is 6.07 Å². The molecule has 1 heterocycles. The normalized spacial score (nSPS) is 13.3. The zero-order valence-corrected chi connectivity index (χ0v) is 19.6. The van der Waals surface area contributed by atoms with Crippen LogP contribution in [0.5, 0.6) is 0 Å².